The summed E-state index contributed by atoms with van der Waals surface area (Å²) in [6, 6.07) is 9.09. The van der Waals surface area contributed by atoms with E-state index in [0.717, 1.165) is 11.4 Å². The van der Waals surface area contributed by atoms with Crippen molar-refractivity contribution in [2.24, 2.45) is 0 Å². The van der Waals surface area contributed by atoms with Gasteiger partial charge < -0.3 is 10.4 Å². The van der Waals surface area contributed by atoms with Crippen molar-refractivity contribution in [3.05, 3.63) is 52.0 Å². The lowest BCUT2D eigenvalue weighted by Crippen LogP contribution is -2.39. The first-order valence-electron chi connectivity index (χ1n) is 6.54. The van der Waals surface area contributed by atoms with E-state index in [9.17, 15) is 9.59 Å². The van der Waals surface area contributed by atoms with Crippen molar-refractivity contribution in [2.45, 2.75) is 25.8 Å². The average Bonchev–Trinajstić information content (AvgIpc) is 2.86. The predicted molar refractivity (Wildman–Crippen MR) is 80.3 cm³/mol. The summed E-state index contributed by atoms with van der Waals surface area (Å²) in [4.78, 5) is 26.8. The molecule has 0 aliphatic carbocycles. The van der Waals surface area contributed by atoms with Gasteiger partial charge in [-0.25, -0.2) is 4.98 Å². The summed E-state index contributed by atoms with van der Waals surface area (Å²) in [7, 11) is 0. The minimum Gasteiger partial charge on any atom is -0.480 e. The van der Waals surface area contributed by atoms with Gasteiger partial charge in [-0.1, -0.05) is 30.3 Å². The van der Waals surface area contributed by atoms with Gasteiger partial charge in [0.2, 0.25) is 5.91 Å². The number of carbonyl (C=O) groups excluding carboxylic acids is 1. The molecule has 1 amide bonds. The summed E-state index contributed by atoms with van der Waals surface area (Å²) >= 11 is 1.50. The number of carboxylic acid groups (broad SMARTS) is 1. The number of aliphatic carboxylic acids is 1. The molecule has 0 aliphatic heterocycles. The van der Waals surface area contributed by atoms with E-state index in [0.29, 0.717) is 5.69 Å². The second-order valence-electron chi connectivity index (χ2n) is 4.70. The van der Waals surface area contributed by atoms with Crippen molar-refractivity contribution in [1.82, 2.24) is 10.3 Å². The van der Waals surface area contributed by atoms with E-state index in [1.54, 1.807) is 0 Å². The normalized spacial score (nSPS) is 11.9. The molecule has 110 valence electrons. The molecule has 0 aliphatic rings. The van der Waals surface area contributed by atoms with Crippen LogP contribution in [0.5, 0.6) is 0 Å². The van der Waals surface area contributed by atoms with Crippen LogP contribution in [0.15, 0.2) is 35.7 Å². The molecule has 2 N–H and O–H groups in total. The third-order valence-corrected chi connectivity index (χ3v) is 3.78. The van der Waals surface area contributed by atoms with E-state index in [4.69, 9.17) is 5.11 Å². The Balaban J connectivity index is 1.91. The first-order valence-corrected chi connectivity index (χ1v) is 7.42. The van der Waals surface area contributed by atoms with E-state index in [1.807, 2.05) is 35.7 Å². The van der Waals surface area contributed by atoms with Gasteiger partial charge >= 0.3 is 5.97 Å². The van der Waals surface area contributed by atoms with E-state index in [2.05, 4.69) is 10.3 Å². The van der Waals surface area contributed by atoms with Gasteiger partial charge in [-0.15, -0.1) is 11.3 Å². The topological polar surface area (TPSA) is 79.3 Å². The molecule has 0 saturated heterocycles. The summed E-state index contributed by atoms with van der Waals surface area (Å²) in [5.41, 5.74) is 1.84. The summed E-state index contributed by atoms with van der Waals surface area (Å²) < 4.78 is 0. The second kappa shape index (κ2) is 6.99. The lowest BCUT2D eigenvalue weighted by atomic mass is 10.2. The molecular formula is C15H16N2O3S. The molecule has 21 heavy (non-hydrogen) atoms. The molecule has 0 fully saturated rings. The number of hydrogen-bond acceptors (Lipinski definition) is 4. The summed E-state index contributed by atoms with van der Waals surface area (Å²) in [5, 5.41) is 13.9. The van der Waals surface area contributed by atoms with Crippen LogP contribution >= 0.6 is 11.3 Å². The fourth-order valence-electron chi connectivity index (χ4n) is 1.80. The predicted octanol–water partition coefficient (Wildman–Crippen LogP) is 1.87. The Morgan fingerprint density at radius 2 is 2.05 bits per heavy atom. The minimum absolute atomic E-state index is 0.100. The third kappa shape index (κ3) is 4.68. The van der Waals surface area contributed by atoms with Crippen LogP contribution in [-0.4, -0.2) is 28.0 Å². The number of carbonyl (C=O) groups is 2. The maximum absolute atomic E-state index is 11.7. The van der Waals surface area contributed by atoms with Crippen molar-refractivity contribution < 1.29 is 14.7 Å². The minimum atomic E-state index is -1.05. The fourth-order valence-corrected chi connectivity index (χ4v) is 2.63. The standard InChI is InChI=1S/C15H16N2O3S/c1-10(15(19)20)16-13(18)8-12-9-21-14(17-12)7-11-5-3-2-4-6-11/h2-6,9-10H,7-8H2,1H3,(H,16,18)(H,19,20). The van der Waals surface area contributed by atoms with Crippen molar-refractivity contribution in [3.8, 4) is 0 Å². The van der Waals surface area contributed by atoms with Gasteiger partial charge in [0.25, 0.3) is 0 Å². The van der Waals surface area contributed by atoms with Crippen molar-refractivity contribution >= 4 is 23.2 Å². The van der Waals surface area contributed by atoms with Crippen LogP contribution in [0.25, 0.3) is 0 Å². The lowest BCUT2D eigenvalue weighted by Gasteiger charge is -2.07. The van der Waals surface area contributed by atoms with Gasteiger partial charge in [0.15, 0.2) is 0 Å². The van der Waals surface area contributed by atoms with Crippen LogP contribution in [-0.2, 0) is 22.4 Å². The van der Waals surface area contributed by atoms with Crippen LogP contribution in [0.1, 0.15) is 23.2 Å². The number of aromatic nitrogens is 1. The molecule has 2 aromatic rings. The van der Waals surface area contributed by atoms with Crippen molar-refractivity contribution in [2.75, 3.05) is 0 Å². The number of benzene rings is 1. The number of amides is 1. The van der Waals surface area contributed by atoms with E-state index < -0.39 is 12.0 Å². The SMILES string of the molecule is CC(NC(=O)Cc1csc(Cc2ccccc2)n1)C(=O)O. The molecule has 5 nitrogen and oxygen atoms in total. The quantitative estimate of drug-likeness (QED) is 0.854. The zero-order valence-corrected chi connectivity index (χ0v) is 12.4. The highest BCUT2D eigenvalue weighted by Crippen LogP contribution is 2.15. The molecule has 2 rings (SSSR count). The number of hydrogen-bond donors (Lipinski definition) is 2. The number of rotatable bonds is 6. The van der Waals surface area contributed by atoms with Gasteiger partial charge in [-0.2, -0.15) is 0 Å². The van der Waals surface area contributed by atoms with Gasteiger partial charge in [-0.05, 0) is 12.5 Å². The first kappa shape index (κ1) is 15.2. The third-order valence-electron chi connectivity index (χ3n) is 2.89. The van der Waals surface area contributed by atoms with Crippen LogP contribution in [0.2, 0.25) is 0 Å². The highest BCUT2D eigenvalue weighted by molar-refractivity contribution is 7.09. The number of carboxylic acids is 1. The molecule has 0 radical (unpaired) electrons. The van der Waals surface area contributed by atoms with E-state index >= 15 is 0 Å². The maximum Gasteiger partial charge on any atom is 0.325 e. The van der Waals surface area contributed by atoms with E-state index in [1.165, 1.54) is 23.8 Å². The molecular weight excluding hydrogens is 288 g/mol. The summed E-state index contributed by atoms with van der Waals surface area (Å²) in [6.07, 6.45) is 0.835. The van der Waals surface area contributed by atoms with Crippen molar-refractivity contribution in [3.63, 3.8) is 0 Å². The molecule has 1 aromatic carbocycles. The van der Waals surface area contributed by atoms with Gasteiger partial charge in [0.1, 0.15) is 6.04 Å². The summed E-state index contributed by atoms with van der Waals surface area (Å²) in [6.45, 7) is 1.43. The molecule has 1 aromatic heterocycles. The lowest BCUT2D eigenvalue weighted by molar-refractivity contribution is -0.141. The smallest absolute Gasteiger partial charge is 0.325 e. The Labute approximate surface area is 126 Å². The Hall–Kier alpha value is -2.21. The van der Waals surface area contributed by atoms with Crippen LogP contribution in [0.3, 0.4) is 0 Å². The number of nitrogens with zero attached hydrogens (tertiary/aromatic N) is 1. The second-order valence-corrected chi connectivity index (χ2v) is 5.64. The Morgan fingerprint density at radius 3 is 2.71 bits per heavy atom. The van der Waals surface area contributed by atoms with E-state index in [-0.39, 0.29) is 12.3 Å². The zero-order valence-electron chi connectivity index (χ0n) is 11.6. The summed E-state index contributed by atoms with van der Waals surface area (Å²) in [5.74, 6) is -1.38. The molecule has 0 spiro atoms. The first-order chi connectivity index (χ1) is 10.0. The van der Waals surface area contributed by atoms with Crippen LogP contribution in [0.4, 0.5) is 0 Å². The highest BCUT2D eigenvalue weighted by atomic mass is 32.1. The Kier molecular flexibility index (Phi) is 5.05. The molecule has 0 saturated carbocycles. The van der Waals surface area contributed by atoms with Crippen molar-refractivity contribution in [1.29, 1.82) is 0 Å². The molecule has 1 atom stereocenters. The molecule has 1 heterocycles. The van der Waals surface area contributed by atoms with Gasteiger partial charge in [-0.3, -0.25) is 9.59 Å². The molecule has 6 heteroatoms. The zero-order chi connectivity index (χ0) is 15.2. The number of thiazole rings is 1. The highest BCUT2D eigenvalue weighted by Gasteiger charge is 2.15. The number of nitrogens with one attached hydrogen (secondary N) is 1. The monoisotopic (exact) mass is 304 g/mol. The van der Waals surface area contributed by atoms with Crippen LogP contribution < -0.4 is 5.32 Å². The fraction of sp³-hybridized carbons (Fsp3) is 0.267. The maximum atomic E-state index is 11.7. The van der Waals surface area contributed by atoms with Crippen LogP contribution in [0, 0.1) is 0 Å². The Morgan fingerprint density at radius 1 is 1.33 bits per heavy atom. The van der Waals surface area contributed by atoms with Gasteiger partial charge in [0.05, 0.1) is 17.1 Å². The largest absolute Gasteiger partial charge is 0.480 e. The average molecular weight is 304 g/mol. The molecule has 1 unspecified atom stereocenters. The Bertz CT molecular complexity index is 625. The van der Waals surface area contributed by atoms with Gasteiger partial charge in [0, 0.05) is 11.8 Å². The molecule has 0 bridgehead atoms.